The van der Waals surface area contributed by atoms with E-state index < -0.39 is 0 Å². The molecule has 0 aliphatic rings. The first-order valence-electron chi connectivity index (χ1n) is 8.88. The van der Waals surface area contributed by atoms with Gasteiger partial charge in [-0.1, -0.05) is 40.2 Å². The van der Waals surface area contributed by atoms with Gasteiger partial charge in [-0.05, 0) is 49.7 Å². The number of nitrogens with zero attached hydrogens (tertiary/aromatic N) is 1. The van der Waals surface area contributed by atoms with Crippen molar-refractivity contribution in [3.63, 3.8) is 0 Å². The second kappa shape index (κ2) is 10.3. The van der Waals surface area contributed by atoms with Gasteiger partial charge in [0, 0.05) is 17.6 Å². The lowest BCUT2D eigenvalue weighted by atomic mass is 10.1. The molecular formula is C21H27BrN2O3. The summed E-state index contributed by atoms with van der Waals surface area (Å²) in [4.78, 5) is 14.5. The Kier molecular flexibility index (Phi) is 8.13. The summed E-state index contributed by atoms with van der Waals surface area (Å²) in [6, 6.07) is 13.6. The standard InChI is InChI=1S/C21H27BrN2O3/c1-15(24(2)14-17-7-5-6-8-18(17)22)21(25)23-12-11-16-9-10-19(26-3)20(13-16)27-4/h5-10,13,15H,11-12,14H2,1-4H3,(H,23,25). The zero-order valence-corrected chi connectivity index (χ0v) is 17.9. The summed E-state index contributed by atoms with van der Waals surface area (Å²) in [7, 11) is 5.19. The number of hydrogen-bond acceptors (Lipinski definition) is 4. The zero-order chi connectivity index (χ0) is 19.8. The Labute approximate surface area is 169 Å². The molecule has 0 fully saturated rings. The summed E-state index contributed by atoms with van der Waals surface area (Å²) in [6.07, 6.45) is 0.729. The lowest BCUT2D eigenvalue weighted by molar-refractivity contribution is -0.125. The number of methoxy groups -OCH3 is 2. The summed E-state index contributed by atoms with van der Waals surface area (Å²) in [6.45, 7) is 3.19. The Hall–Kier alpha value is -2.05. The molecule has 0 aromatic heterocycles. The first kappa shape index (κ1) is 21.3. The molecule has 146 valence electrons. The van der Waals surface area contributed by atoms with E-state index >= 15 is 0 Å². The van der Waals surface area contributed by atoms with E-state index in [0.29, 0.717) is 24.6 Å². The van der Waals surface area contributed by atoms with E-state index in [0.717, 1.165) is 22.0 Å². The van der Waals surface area contributed by atoms with Crippen LogP contribution in [0.25, 0.3) is 0 Å². The van der Waals surface area contributed by atoms with E-state index in [9.17, 15) is 4.79 Å². The Balaban J connectivity index is 1.85. The smallest absolute Gasteiger partial charge is 0.237 e. The van der Waals surface area contributed by atoms with Crippen molar-refractivity contribution in [1.82, 2.24) is 10.2 Å². The molecule has 5 nitrogen and oxygen atoms in total. The summed E-state index contributed by atoms with van der Waals surface area (Å²) in [5.41, 5.74) is 2.24. The van der Waals surface area contributed by atoms with Crippen molar-refractivity contribution in [2.45, 2.75) is 25.9 Å². The van der Waals surface area contributed by atoms with Gasteiger partial charge in [-0.15, -0.1) is 0 Å². The van der Waals surface area contributed by atoms with Crippen molar-refractivity contribution in [3.05, 3.63) is 58.1 Å². The molecule has 6 heteroatoms. The molecule has 0 spiro atoms. The lowest BCUT2D eigenvalue weighted by Gasteiger charge is -2.24. The van der Waals surface area contributed by atoms with Crippen LogP contribution in [-0.2, 0) is 17.8 Å². The molecule has 2 aromatic carbocycles. The average Bonchev–Trinajstić information content (AvgIpc) is 2.68. The van der Waals surface area contributed by atoms with Crippen LogP contribution in [0.5, 0.6) is 11.5 Å². The monoisotopic (exact) mass is 434 g/mol. The van der Waals surface area contributed by atoms with Crippen LogP contribution in [0.2, 0.25) is 0 Å². The number of rotatable bonds is 9. The summed E-state index contributed by atoms with van der Waals surface area (Å²) >= 11 is 3.55. The molecule has 2 rings (SSSR count). The molecule has 1 N–H and O–H groups in total. The normalized spacial score (nSPS) is 11.9. The van der Waals surface area contributed by atoms with E-state index in [2.05, 4.69) is 27.3 Å². The first-order valence-corrected chi connectivity index (χ1v) is 9.67. The molecule has 0 saturated heterocycles. The number of halogens is 1. The van der Waals surface area contributed by atoms with Crippen molar-refractivity contribution < 1.29 is 14.3 Å². The third-order valence-corrected chi connectivity index (χ3v) is 5.35. The van der Waals surface area contributed by atoms with E-state index in [-0.39, 0.29) is 11.9 Å². The number of amides is 1. The van der Waals surface area contributed by atoms with Crippen molar-refractivity contribution in [2.24, 2.45) is 0 Å². The van der Waals surface area contributed by atoms with Gasteiger partial charge in [0.15, 0.2) is 11.5 Å². The Morgan fingerprint density at radius 1 is 1.15 bits per heavy atom. The molecule has 0 aliphatic heterocycles. The van der Waals surface area contributed by atoms with Crippen molar-refractivity contribution in [2.75, 3.05) is 27.8 Å². The third-order valence-electron chi connectivity index (χ3n) is 4.58. The Bertz CT molecular complexity index is 767. The van der Waals surface area contributed by atoms with E-state index in [1.54, 1.807) is 14.2 Å². The maximum absolute atomic E-state index is 12.5. The zero-order valence-electron chi connectivity index (χ0n) is 16.3. The fourth-order valence-corrected chi connectivity index (χ4v) is 3.16. The molecule has 1 atom stereocenters. The predicted molar refractivity (Wildman–Crippen MR) is 111 cm³/mol. The number of ether oxygens (including phenoxy) is 2. The van der Waals surface area contributed by atoms with Crippen LogP contribution in [-0.4, -0.2) is 44.7 Å². The van der Waals surface area contributed by atoms with Gasteiger partial charge in [0.05, 0.1) is 20.3 Å². The van der Waals surface area contributed by atoms with Gasteiger partial charge in [-0.2, -0.15) is 0 Å². The van der Waals surface area contributed by atoms with E-state index in [1.165, 1.54) is 0 Å². The minimum absolute atomic E-state index is 0.0185. The highest BCUT2D eigenvalue weighted by atomic mass is 79.9. The van der Waals surface area contributed by atoms with Gasteiger partial charge in [-0.3, -0.25) is 9.69 Å². The number of benzene rings is 2. The van der Waals surface area contributed by atoms with Crippen LogP contribution in [0.15, 0.2) is 46.9 Å². The molecule has 27 heavy (non-hydrogen) atoms. The van der Waals surface area contributed by atoms with Crippen LogP contribution in [0.1, 0.15) is 18.1 Å². The fraction of sp³-hybridized carbons (Fsp3) is 0.381. The summed E-state index contributed by atoms with van der Waals surface area (Å²) in [5, 5.41) is 3.01. The van der Waals surface area contributed by atoms with Gasteiger partial charge >= 0.3 is 0 Å². The summed E-state index contributed by atoms with van der Waals surface area (Å²) in [5.74, 6) is 1.42. The van der Waals surface area contributed by atoms with Crippen molar-refractivity contribution in [1.29, 1.82) is 0 Å². The van der Waals surface area contributed by atoms with Crippen LogP contribution in [0, 0.1) is 0 Å². The largest absolute Gasteiger partial charge is 0.493 e. The van der Waals surface area contributed by atoms with Gasteiger partial charge < -0.3 is 14.8 Å². The highest BCUT2D eigenvalue weighted by molar-refractivity contribution is 9.10. The average molecular weight is 435 g/mol. The number of nitrogens with one attached hydrogen (secondary N) is 1. The van der Waals surface area contributed by atoms with Gasteiger partial charge in [0.1, 0.15) is 0 Å². The maximum Gasteiger partial charge on any atom is 0.237 e. The van der Waals surface area contributed by atoms with Crippen molar-refractivity contribution >= 4 is 21.8 Å². The predicted octanol–water partition coefficient (Wildman–Crippen LogP) is 3.65. The van der Waals surface area contributed by atoms with Crippen LogP contribution in [0.4, 0.5) is 0 Å². The van der Waals surface area contributed by atoms with Gasteiger partial charge in [-0.25, -0.2) is 0 Å². The minimum atomic E-state index is -0.220. The fourth-order valence-electron chi connectivity index (χ4n) is 2.75. The van der Waals surface area contributed by atoms with Crippen molar-refractivity contribution in [3.8, 4) is 11.5 Å². The van der Waals surface area contributed by atoms with E-state index in [1.807, 2.05) is 55.3 Å². The SMILES string of the molecule is COc1ccc(CCNC(=O)C(C)N(C)Cc2ccccc2Br)cc1OC. The Morgan fingerprint density at radius 2 is 1.85 bits per heavy atom. The van der Waals surface area contributed by atoms with Crippen LogP contribution < -0.4 is 14.8 Å². The highest BCUT2D eigenvalue weighted by Crippen LogP contribution is 2.27. The maximum atomic E-state index is 12.5. The molecule has 2 aromatic rings. The highest BCUT2D eigenvalue weighted by Gasteiger charge is 2.18. The van der Waals surface area contributed by atoms with Crippen LogP contribution in [0.3, 0.4) is 0 Å². The molecular weight excluding hydrogens is 408 g/mol. The second-order valence-corrected chi connectivity index (χ2v) is 7.27. The number of likely N-dealkylation sites (N-methyl/N-ethyl adjacent to an activating group) is 1. The number of carbonyl (C=O) groups is 1. The number of hydrogen-bond donors (Lipinski definition) is 1. The second-order valence-electron chi connectivity index (χ2n) is 6.41. The topological polar surface area (TPSA) is 50.8 Å². The molecule has 0 aliphatic carbocycles. The molecule has 1 unspecified atom stereocenters. The summed E-state index contributed by atoms with van der Waals surface area (Å²) < 4.78 is 11.6. The molecule has 1 amide bonds. The molecule has 0 bridgehead atoms. The van der Waals surface area contributed by atoms with E-state index in [4.69, 9.17) is 9.47 Å². The molecule has 0 radical (unpaired) electrons. The van der Waals surface area contributed by atoms with Gasteiger partial charge in [0.2, 0.25) is 5.91 Å². The van der Waals surface area contributed by atoms with Crippen LogP contribution >= 0.6 is 15.9 Å². The number of carbonyl (C=O) groups excluding carboxylic acids is 1. The first-order chi connectivity index (χ1) is 13.0. The lowest BCUT2D eigenvalue weighted by Crippen LogP contribution is -2.43. The third kappa shape index (κ3) is 5.97. The quantitative estimate of drug-likeness (QED) is 0.654. The van der Waals surface area contributed by atoms with Gasteiger partial charge in [0.25, 0.3) is 0 Å². The minimum Gasteiger partial charge on any atom is -0.493 e. The molecule has 0 heterocycles. The molecule has 0 saturated carbocycles. The Morgan fingerprint density at radius 3 is 2.52 bits per heavy atom.